The lowest BCUT2D eigenvalue weighted by molar-refractivity contribution is 0.705. The number of benzene rings is 1. The molecule has 1 heterocycles. The van der Waals surface area contributed by atoms with E-state index < -0.39 is 0 Å². The fourth-order valence-corrected chi connectivity index (χ4v) is 2.13. The standard InChI is InChI=1S/C17H22N2/c1-3-13-5-8-15(9-6-13)17(18)11-16-10-7-14(4-2)12-19-16/h5-10,12,17H,3-4,11,18H2,1-2H3. The average Bonchev–Trinajstić information content (AvgIpc) is 2.48. The number of hydrogen-bond donors (Lipinski definition) is 1. The number of aryl methyl sites for hydroxylation is 2. The number of rotatable bonds is 5. The molecule has 0 aliphatic rings. The van der Waals surface area contributed by atoms with Crippen LogP contribution in [0.3, 0.4) is 0 Å². The molecule has 2 heteroatoms. The predicted octanol–water partition coefficient (Wildman–Crippen LogP) is 3.45. The van der Waals surface area contributed by atoms with E-state index in [9.17, 15) is 0 Å². The highest BCUT2D eigenvalue weighted by Gasteiger charge is 2.08. The first-order valence-corrected chi connectivity index (χ1v) is 7.01. The highest BCUT2D eigenvalue weighted by Crippen LogP contribution is 2.16. The Morgan fingerprint density at radius 3 is 2.11 bits per heavy atom. The molecule has 0 radical (unpaired) electrons. The second-order valence-corrected chi connectivity index (χ2v) is 4.92. The molecule has 2 rings (SSSR count). The molecule has 19 heavy (non-hydrogen) atoms. The first-order chi connectivity index (χ1) is 9.22. The van der Waals surface area contributed by atoms with Gasteiger partial charge in [0.1, 0.15) is 0 Å². The molecule has 1 aromatic heterocycles. The normalized spacial score (nSPS) is 12.4. The number of nitrogens with two attached hydrogens (primary N) is 1. The molecule has 0 saturated heterocycles. The molecule has 0 spiro atoms. The van der Waals surface area contributed by atoms with E-state index in [1.807, 2.05) is 6.20 Å². The molecule has 0 amide bonds. The van der Waals surface area contributed by atoms with E-state index in [1.54, 1.807) is 0 Å². The Kier molecular flexibility index (Phi) is 4.69. The minimum Gasteiger partial charge on any atom is -0.324 e. The summed E-state index contributed by atoms with van der Waals surface area (Å²) in [6.45, 7) is 4.30. The Morgan fingerprint density at radius 1 is 0.947 bits per heavy atom. The third-order valence-corrected chi connectivity index (χ3v) is 3.54. The summed E-state index contributed by atoms with van der Waals surface area (Å²) in [5.41, 5.74) is 11.1. The molecule has 0 aliphatic carbocycles. The van der Waals surface area contributed by atoms with Gasteiger partial charge in [-0.1, -0.05) is 44.2 Å². The van der Waals surface area contributed by atoms with Crippen LogP contribution in [0.5, 0.6) is 0 Å². The Bertz CT molecular complexity index is 500. The second kappa shape index (κ2) is 6.48. The van der Waals surface area contributed by atoms with Crippen molar-refractivity contribution in [3.05, 3.63) is 65.0 Å². The van der Waals surface area contributed by atoms with Crippen LogP contribution in [0.4, 0.5) is 0 Å². The van der Waals surface area contributed by atoms with E-state index in [0.717, 1.165) is 25.0 Å². The van der Waals surface area contributed by atoms with E-state index in [4.69, 9.17) is 5.73 Å². The van der Waals surface area contributed by atoms with E-state index >= 15 is 0 Å². The molecule has 0 fully saturated rings. The van der Waals surface area contributed by atoms with Gasteiger partial charge in [-0.15, -0.1) is 0 Å². The molecule has 0 aliphatic heterocycles. The molecular formula is C17H22N2. The van der Waals surface area contributed by atoms with Crippen LogP contribution in [-0.2, 0) is 19.3 Å². The van der Waals surface area contributed by atoms with E-state index in [0.29, 0.717) is 0 Å². The van der Waals surface area contributed by atoms with Crippen molar-refractivity contribution in [1.82, 2.24) is 4.98 Å². The van der Waals surface area contributed by atoms with Crippen molar-refractivity contribution in [2.24, 2.45) is 5.73 Å². The van der Waals surface area contributed by atoms with Gasteiger partial charge in [0.2, 0.25) is 0 Å². The van der Waals surface area contributed by atoms with Crippen LogP contribution in [0, 0.1) is 0 Å². The van der Waals surface area contributed by atoms with Crippen molar-refractivity contribution in [3.8, 4) is 0 Å². The van der Waals surface area contributed by atoms with Crippen LogP contribution in [0.2, 0.25) is 0 Å². The predicted molar refractivity (Wildman–Crippen MR) is 80.1 cm³/mol. The smallest absolute Gasteiger partial charge is 0.0422 e. The highest BCUT2D eigenvalue weighted by atomic mass is 14.7. The quantitative estimate of drug-likeness (QED) is 0.887. The minimum absolute atomic E-state index is 0.0193. The van der Waals surface area contributed by atoms with Crippen LogP contribution >= 0.6 is 0 Å². The van der Waals surface area contributed by atoms with Crippen molar-refractivity contribution in [2.75, 3.05) is 0 Å². The molecule has 2 nitrogen and oxygen atoms in total. The highest BCUT2D eigenvalue weighted by molar-refractivity contribution is 5.26. The SMILES string of the molecule is CCc1ccc(C(N)Cc2ccc(CC)cn2)cc1. The third-order valence-electron chi connectivity index (χ3n) is 3.54. The lowest BCUT2D eigenvalue weighted by Gasteiger charge is -2.12. The maximum absolute atomic E-state index is 6.25. The number of hydrogen-bond acceptors (Lipinski definition) is 2. The van der Waals surface area contributed by atoms with Gasteiger partial charge in [0, 0.05) is 24.4 Å². The van der Waals surface area contributed by atoms with Crippen LogP contribution in [-0.4, -0.2) is 4.98 Å². The van der Waals surface area contributed by atoms with Gasteiger partial charge in [0.25, 0.3) is 0 Å². The van der Waals surface area contributed by atoms with Crippen molar-refractivity contribution >= 4 is 0 Å². The van der Waals surface area contributed by atoms with Crippen LogP contribution in [0.1, 0.15) is 42.3 Å². The molecule has 2 N–H and O–H groups in total. The Balaban J connectivity index is 2.04. The van der Waals surface area contributed by atoms with E-state index in [1.165, 1.54) is 16.7 Å². The lowest BCUT2D eigenvalue weighted by atomic mass is 10.0. The summed E-state index contributed by atoms with van der Waals surface area (Å²) in [4.78, 5) is 4.47. The summed E-state index contributed by atoms with van der Waals surface area (Å²) in [6, 6.07) is 12.8. The Labute approximate surface area is 115 Å². The largest absolute Gasteiger partial charge is 0.324 e. The molecule has 100 valence electrons. The number of pyridine rings is 1. The molecule has 0 bridgehead atoms. The monoisotopic (exact) mass is 254 g/mol. The van der Waals surface area contributed by atoms with Crippen LogP contribution < -0.4 is 5.73 Å². The van der Waals surface area contributed by atoms with E-state index in [-0.39, 0.29) is 6.04 Å². The van der Waals surface area contributed by atoms with E-state index in [2.05, 4.69) is 55.2 Å². The second-order valence-electron chi connectivity index (χ2n) is 4.92. The van der Waals surface area contributed by atoms with Crippen LogP contribution in [0.15, 0.2) is 42.6 Å². The molecule has 1 unspecified atom stereocenters. The molecule has 2 aromatic rings. The summed E-state index contributed by atoms with van der Waals surface area (Å²) in [7, 11) is 0. The van der Waals surface area contributed by atoms with Gasteiger partial charge in [-0.2, -0.15) is 0 Å². The summed E-state index contributed by atoms with van der Waals surface area (Å²) in [5.74, 6) is 0. The fraction of sp³-hybridized carbons (Fsp3) is 0.353. The van der Waals surface area contributed by atoms with Gasteiger partial charge in [0.05, 0.1) is 0 Å². The first-order valence-electron chi connectivity index (χ1n) is 7.01. The fourth-order valence-electron chi connectivity index (χ4n) is 2.13. The first kappa shape index (κ1) is 13.8. The van der Waals surface area contributed by atoms with Crippen molar-refractivity contribution in [3.63, 3.8) is 0 Å². The van der Waals surface area contributed by atoms with Gasteiger partial charge in [-0.3, -0.25) is 4.98 Å². The van der Waals surface area contributed by atoms with Crippen molar-refractivity contribution in [2.45, 2.75) is 39.2 Å². The summed E-state index contributed by atoms with van der Waals surface area (Å²) in [5, 5.41) is 0. The Hall–Kier alpha value is -1.67. The summed E-state index contributed by atoms with van der Waals surface area (Å²) < 4.78 is 0. The minimum atomic E-state index is 0.0193. The molecule has 1 atom stereocenters. The maximum Gasteiger partial charge on any atom is 0.0422 e. The van der Waals surface area contributed by atoms with Crippen molar-refractivity contribution < 1.29 is 0 Å². The molecular weight excluding hydrogens is 232 g/mol. The maximum atomic E-state index is 6.25. The summed E-state index contributed by atoms with van der Waals surface area (Å²) >= 11 is 0. The zero-order chi connectivity index (χ0) is 13.7. The summed E-state index contributed by atoms with van der Waals surface area (Å²) in [6.07, 6.45) is 4.82. The van der Waals surface area contributed by atoms with Gasteiger partial charge in [-0.05, 0) is 35.6 Å². The van der Waals surface area contributed by atoms with Gasteiger partial charge < -0.3 is 5.73 Å². The van der Waals surface area contributed by atoms with Crippen molar-refractivity contribution in [1.29, 1.82) is 0 Å². The number of aromatic nitrogens is 1. The van der Waals surface area contributed by atoms with Gasteiger partial charge in [-0.25, -0.2) is 0 Å². The Morgan fingerprint density at radius 2 is 1.58 bits per heavy atom. The van der Waals surface area contributed by atoms with Crippen LogP contribution in [0.25, 0.3) is 0 Å². The van der Waals surface area contributed by atoms with Gasteiger partial charge >= 0.3 is 0 Å². The molecule has 1 aromatic carbocycles. The molecule has 0 saturated carbocycles. The average molecular weight is 254 g/mol. The lowest BCUT2D eigenvalue weighted by Crippen LogP contribution is -2.14. The van der Waals surface area contributed by atoms with Gasteiger partial charge in [0.15, 0.2) is 0 Å². The number of nitrogens with zero attached hydrogens (tertiary/aromatic N) is 1. The topological polar surface area (TPSA) is 38.9 Å². The zero-order valence-electron chi connectivity index (χ0n) is 11.8. The zero-order valence-corrected chi connectivity index (χ0v) is 11.8. The third kappa shape index (κ3) is 3.65.